The molecule has 0 aliphatic carbocycles. The number of oxime groups is 1. The molecule has 7 heteroatoms. The number of rotatable bonds is 7. The number of ether oxygens (including phenoxy) is 1. The highest BCUT2D eigenvalue weighted by atomic mass is 16.5. The van der Waals surface area contributed by atoms with Gasteiger partial charge in [0.25, 0.3) is 0 Å². The third kappa shape index (κ3) is 5.56. The molecule has 0 atom stereocenters. The molecule has 0 bridgehead atoms. The fourth-order valence-corrected chi connectivity index (χ4v) is 3.50. The number of nitrogen functional groups attached to an aromatic ring is 1. The van der Waals surface area contributed by atoms with Crippen LogP contribution in [0.2, 0.25) is 0 Å². The molecule has 0 spiro atoms. The zero-order valence-corrected chi connectivity index (χ0v) is 16.8. The van der Waals surface area contributed by atoms with Gasteiger partial charge in [0.1, 0.15) is 0 Å². The monoisotopic (exact) mass is 396 g/mol. The average molecular weight is 396 g/mol. The number of morpholine rings is 1. The zero-order valence-electron chi connectivity index (χ0n) is 16.8. The maximum atomic E-state index is 13.3. The zero-order chi connectivity index (χ0) is 20.6. The molecule has 154 valence electrons. The van der Waals surface area contributed by atoms with Gasteiger partial charge in [0, 0.05) is 43.1 Å². The largest absolute Gasteiger partial charge is 0.411 e. The lowest BCUT2D eigenvalue weighted by Crippen LogP contribution is -2.43. The first-order valence-corrected chi connectivity index (χ1v) is 9.81. The molecule has 1 fully saturated rings. The molecule has 0 aromatic heterocycles. The van der Waals surface area contributed by atoms with Gasteiger partial charge in [0.05, 0.1) is 25.3 Å². The van der Waals surface area contributed by atoms with Crippen LogP contribution in [0.4, 0.5) is 11.4 Å². The van der Waals surface area contributed by atoms with Crippen LogP contribution >= 0.6 is 0 Å². The standard InChI is InChI=1S/C22H28N4O3/c1-17(24-28)21-8-7-19(23)15-18(21)16-22(27)26(20-5-3-2-4-6-20)10-9-25-11-13-29-14-12-25/h2-8,15,28H,9-14,16,23H2,1H3. The van der Waals surface area contributed by atoms with E-state index in [2.05, 4.69) is 10.1 Å². The maximum Gasteiger partial charge on any atom is 0.231 e. The number of hydrogen-bond acceptors (Lipinski definition) is 6. The second kappa shape index (κ2) is 10.0. The van der Waals surface area contributed by atoms with Gasteiger partial charge in [-0.15, -0.1) is 0 Å². The summed E-state index contributed by atoms with van der Waals surface area (Å²) < 4.78 is 5.41. The molecule has 1 aliphatic rings. The average Bonchev–Trinajstić information content (AvgIpc) is 2.75. The Labute approximate surface area is 171 Å². The summed E-state index contributed by atoms with van der Waals surface area (Å²) in [6.07, 6.45) is 0.172. The van der Waals surface area contributed by atoms with Crippen LogP contribution in [0.1, 0.15) is 18.1 Å². The Morgan fingerprint density at radius 2 is 1.93 bits per heavy atom. The number of amides is 1. The Kier molecular flexibility index (Phi) is 7.21. The lowest BCUT2D eigenvalue weighted by atomic mass is 9.99. The predicted octanol–water partition coefficient (Wildman–Crippen LogP) is 2.37. The van der Waals surface area contributed by atoms with Gasteiger partial charge >= 0.3 is 0 Å². The van der Waals surface area contributed by atoms with Crippen LogP contribution in [-0.4, -0.2) is 61.1 Å². The quantitative estimate of drug-likeness (QED) is 0.324. The summed E-state index contributed by atoms with van der Waals surface area (Å²) in [5.74, 6) is -0.0259. The van der Waals surface area contributed by atoms with Crippen molar-refractivity contribution in [3.05, 3.63) is 59.7 Å². The van der Waals surface area contributed by atoms with Crippen molar-refractivity contribution in [1.29, 1.82) is 0 Å². The molecule has 7 nitrogen and oxygen atoms in total. The summed E-state index contributed by atoms with van der Waals surface area (Å²) in [4.78, 5) is 17.4. The van der Waals surface area contributed by atoms with Crippen LogP contribution in [0.5, 0.6) is 0 Å². The Hall–Kier alpha value is -2.90. The van der Waals surface area contributed by atoms with Crippen LogP contribution in [-0.2, 0) is 16.0 Å². The van der Waals surface area contributed by atoms with Gasteiger partial charge in [-0.05, 0) is 36.8 Å². The van der Waals surface area contributed by atoms with Crippen molar-refractivity contribution < 1.29 is 14.7 Å². The van der Waals surface area contributed by atoms with Crippen LogP contribution in [0, 0.1) is 0 Å². The lowest BCUT2D eigenvalue weighted by Gasteiger charge is -2.30. The number of hydrogen-bond donors (Lipinski definition) is 2. The molecule has 1 saturated heterocycles. The minimum Gasteiger partial charge on any atom is -0.411 e. The number of benzene rings is 2. The van der Waals surface area contributed by atoms with Crippen molar-refractivity contribution in [2.45, 2.75) is 13.3 Å². The first-order chi connectivity index (χ1) is 14.1. The molecule has 3 rings (SSSR count). The number of para-hydroxylation sites is 1. The second-order valence-corrected chi connectivity index (χ2v) is 7.11. The van der Waals surface area contributed by atoms with E-state index >= 15 is 0 Å². The molecule has 1 amide bonds. The van der Waals surface area contributed by atoms with Gasteiger partial charge in [0.15, 0.2) is 0 Å². The van der Waals surface area contributed by atoms with Crippen molar-refractivity contribution in [3.8, 4) is 0 Å². The first-order valence-electron chi connectivity index (χ1n) is 9.81. The third-order valence-corrected chi connectivity index (χ3v) is 5.12. The minimum atomic E-state index is -0.0259. The lowest BCUT2D eigenvalue weighted by molar-refractivity contribution is -0.118. The van der Waals surface area contributed by atoms with Crippen molar-refractivity contribution in [2.24, 2.45) is 5.16 Å². The normalized spacial score (nSPS) is 15.3. The third-order valence-electron chi connectivity index (χ3n) is 5.12. The highest BCUT2D eigenvalue weighted by Crippen LogP contribution is 2.20. The Morgan fingerprint density at radius 3 is 2.62 bits per heavy atom. The number of nitrogens with zero attached hydrogens (tertiary/aromatic N) is 3. The van der Waals surface area contributed by atoms with E-state index in [1.54, 1.807) is 25.1 Å². The van der Waals surface area contributed by atoms with Gasteiger partial charge in [-0.2, -0.15) is 0 Å². The van der Waals surface area contributed by atoms with Gasteiger partial charge < -0.3 is 20.6 Å². The molecule has 1 aliphatic heterocycles. The van der Waals surface area contributed by atoms with Gasteiger partial charge in [-0.1, -0.05) is 29.4 Å². The maximum absolute atomic E-state index is 13.3. The van der Waals surface area contributed by atoms with E-state index in [4.69, 9.17) is 10.5 Å². The Balaban J connectivity index is 1.80. The highest BCUT2D eigenvalue weighted by molar-refractivity contribution is 6.02. The molecule has 2 aromatic rings. The topological polar surface area (TPSA) is 91.4 Å². The van der Waals surface area contributed by atoms with E-state index in [9.17, 15) is 10.0 Å². The SMILES string of the molecule is CC(=NO)c1ccc(N)cc1CC(=O)N(CCN1CCOCC1)c1ccccc1. The molecule has 1 heterocycles. The van der Waals surface area contributed by atoms with Gasteiger partial charge in [0.2, 0.25) is 5.91 Å². The van der Waals surface area contributed by atoms with E-state index in [-0.39, 0.29) is 12.3 Å². The van der Waals surface area contributed by atoms with Crippen LogP contribution in [0.3, 0.4) is 0 Å². The summed E-state index contributed by atoms with van der Waals surface area (Å²) in [6, 6.07) is 15.0. The van der Waals surface area contributed by atoms with Crippen LogP contribution in [0.25, 0.3) is 0 Å². The van der Waals surface area contributed by atoms with Gasteiger partial charge in [-0.25, -0.2) is 0 Å². The summed E-state index contributed by atoms with van der Waals surface area (Å²) in [5.41, 5.74) is 9.30. The summed E-state index contributed by atoms with van der Waals surface area (Å²) in [6.45, 7) is 6.29. The van der Waals surface area contributed by atoms with E-state index in [0.29, 0.717) is 17.9 Å². The fourth-order valence-electron chi connectivity index (χ4n) is 3.50. The van der Waals surface area contributed by atoms with Crippen LogP contribution < -0.4 is 10.6 Å². The van der Waals surface area contributed by atoms with Gasteiger partial charge in [-0.3, -0.25) is 9.69 Å². The molecule has 0 saturated carbocycles. The molecule has 0 unspecified atom stereocenters. The number of carbonyl (C=O) groups is 1. The van der Waals surface area contributed by atoms with Crippen molar-refractivity contribution >= 4 is 23.0 Å². The van der Waals surface area contributed by atoms with Crippen LogP contribution in [0.15, 0.2) is 53.7 Å². The van der Waals surface area contributed by atoms with Crippen molar-refractivity contribution in [3.63, 3.8) is 0 Å². The predicted molar refractivity (Wildman–Crippen MR) is 115 cm³/mol. The van der Waals surface area contributed by atoms with E-state index in [0.717, 1.165) is 49.7 Å². The molecule has 3 N–H and O–H groups in total. The van der Waals surface area contributed by atoms with E-state index < -0.39 is 0 Å². The molecular weight excluding hydrogens is 368 g/mol. The number of carbonyl (C=O) groups excluding carboxylic acids is 1. The first kappa shape index (κ1) is 20.8. The van der Waals surface area contributed by atoms with E-state index in [1.165, 1.54) is 0 Å². The Bertz CT molecular complexity index is 848. The number of anilines is 2. The summed E-state index contributed by atoms with van der Waals surface area (Å²) in [7, 11) is 0. The summed E-state index contributed by atoms with van der Waals surface area (Å²) >= 11 is 0. The second-order valence-electron chi connectivity index (χ2n) is 7.11. The highest BCUT2D eigenvalue weighted by Gasteiger charge is 2.20. The van der Waals surface area contributed by atoms with Crippen molar-refractivity contribution in [1.82, 2.24) is 4.90 Å². The minimum absolute atomic E-state index is 0.0259. The fraction of sp³-hybridized carbons (Fsp3) is 0.364. The molecular formula is C22H28N4O3. The molecule has 29 heavy (non-hydrogen) atoms. The summed E-state index contributed by atoms with van der Waals surface area (Å²) in [5, 5.41) is 12.5. The smallest absolute Gasteiger partial charge is 0.231 e. The molecule has 0 radical (unpaired) electrons. The Morgan fingerprint density at radius 1 is 1.21 bits per heavy atom. The van der Waals surface area contributed by atoms with E-state index in [1.807, 2.05) is 35.2 Å². The number of nitrogens with two attached hydrogens (primary N) is 1. The van der Waals surface area contributed by atoms with Crippen molar-refractivity contribution in [2.75, 3.05) is 50.0 Å². The molecule has 2 aromatic carbocycles.